The van der Waals surface area contributed by atoms with Gasteiger partial charge in [-0.3, -0.25) is 4.99 Å². The second-order valence-corrected chi connectivity index (χ2v) is 7.09. The van der Waals surface area contributed by atoms with Crippen LogP contribution < -0.4 is 10.6 Å². The molecule has 6 nitrogen and oxygen atoms in total. The van der Waals surface area contributed by atoms with Crippen LogP contribution in [0.15, 0.2) is 33.8 Å². The van der Waals surface area contributed by atoms with Crippen molar-refractivity contribution in [1.29, 1.82) is 0 Å². The lowest BCUT2D eigenvalue weighted by atomic mass is 9.96. The topological polar surface area (TPSA) is 75.3 Å². The van der Waals surface area contributed by atoms with Crippen molar-refractivity contribution in [3.8, 4) is 0 Å². The van der Waals surface area contributed by atoms with E-state index in [2.05, 4.69) is 25.8 Å². The van der Waals surface area contributed by atoms with Crippen LogP contribution in [-0.4, -0.2) is 36.2 Å². The van der Waals surface area contributed by atoms with Crippen molar-refractivity contribution in [1.82, 2.24) is 20.8 Å². The number of nitrogens with one attached hydrogen (secondary N) is 2. The number of aliphatic imine (C=N–C) groups is 1. The first kappa shape index (κ1) is 21.6. The lowest BCUT2D eigenvalue weighted by molar-refractivity contribution is 0.371. The minimum absolute atomic E-state index is 0. The van der Waals surface area contributed by atoms with Gasteiger partial charge in [-0.1, -0.05) is 31.1 Å². The molecule has 0 amide bonds. The van der Waals surface area contributed by atoms with Gasteiger partial charge in [-0.15, -0.1) is 24.0 Å². The van der Waals surface area contributed by atoms with Crippen LogP contribution in [0.2, 0.25) is 0 Å². The molecule has 8 heteroatoms. The van der Waals surface area contributed by atoms with Gasteiger partial charge in [0, 0.05) is 37.9 Å². The third kappa shape index (κ3) is 5.63. The third-order valence-corrected chi connectivity index (χ3v) is 4.74. The summed E-state index contributed by atoms with van der Waals surface area (Å²) in [6, 6.07) is 6.88. The van der Waals surface area contributed by atoms with Gasteiger partial charge in [-0.05, 0) is 30.5 Å². The van der Waals surface area contributed by atoms with Crippen molar-refractivity contribution in [3.63, 3.8) is 0 Å². The minimum Gasteiger partial charge on any atom is -0.356 e. The van der Waals surface area contributed by atoms with Crippen molar-refractivity contribution in [2.75, 3.05) is 20.1 Å². The molecule has 0 radical (unpaired) electrons. The molecule has 0 spiro atoms. The Labute approximate surface area is 176 Å². The van der Waals surface area contributed by atoms with E-state index in [0.29, 0.717) is 18.9 Å². The quantitative estimate of drug-likeness (QED) is 0.356. The molecule has 148 valence electrons. The maximum Gasteiger partial charge on any atom is 0.228 e. The maximum atomic E-state index is 13.5. The Morgan fingerprint density at radius 1 is 1.33 bits per heavy atom. The van der Waals surface area contributed by atoms with Crippen LogP contribution in [0.1, 0.15) is 49.9 Å². The van der Waals surface area contributed by atoms with E-state index < -0.39 is 0 Å². The van der Waals surface area contributed by atoms with Gasteiger partial charge in [0.05, 0.1) is 0 Å². The lowest BCUT2D eigenvalue weighted by Gasteiger charge is -2.19. The molecule has 1 heterocycles. The summed E-state index contributed by atoms with van der Waals surface area (Å²) in [7, 11) is 1.74. The smallest absolute Gasteiger partial charge is 0.228 e. The zero-order chi connectivity index (χ0) is 18.6. The highest BCUT2D eigenvalue weighted by Crippen LogP contribution is 2.47. The van der Waals surface area contributed by atoms with Gasteiger partial charge in [0.15, 0.2) is 11.8 Å². The lowest BCUT2D eigenvalue weighted by Crippen LogP contribution is -2.42. The number of benzene rings is 1. The molecular weight excluding hydrogens is 460 g/mol. The zero-order valence-electron chi connectivity index (χ0n) is 16.0. The summed E-state index contributed by atoms with van der Waals surface area (Å²) in [5, 5.41) is 10.6. The predicted molar refractivity (Wildman–Crippen MR) is 114 cm³/mol. The summed E-state index contributed by atoms with van der Waals surface area (Å²) in [5.41, 5.74) is 1.06. The fourth-order valence-electron chi connectivity index (χ4n) is 2.90. The fourth-order valence-corrected chi connectivity index (χ4v) is 2.90. The molecule has 2 N–H and O–H groups in total. The van der Waals surface area contributed by atoms with Crippen molar-refractivity contribution in [2.45, 2.75) is 44.4 Å². The molecular formula is C19H27FIN5O. The third-order valence-electron chi connectivity index (χ3n) is 4.74. The fraction of sp³-hybridized carbons (Fsp3) is 0.526. The molecule has 27 heavy (non-hydrogen) atoms. The van der Waals surface area contributed by atoms with Crippen LogP contribution in [0.25, 0.3) is 0 Å². The number of rotatable bonds is 7. The summed E-state index contributed by atoms with van der Waals surface area (Å²) in [4.78, 5) is 8.61. The standard InChI is InChI=1S/C19H26FN5O.HI/c1-13(2)17-24-16(26-25-17)7-10-22-18(21-3)23-12-19(8-9-19)14-5-4-6-15(20)11-14;/h4-6,11,13H,7-10,12H2,1-3H3,(H2,21,22,23);1H. The molecule has 1 aromatic heterocycles. The number of nitrogens with zero attached hydrogens (tertiary/aromatic N) is 3. The highest BCUT2D eigenvalue weighted by molar-refractivity contribution is 14.0. The summed E-state index contributed by atoms with van der Waals surface area (Å²) in [6.07, 6.45) is 2.75. The van der Waals surface area contributed by atoms with Crippen LogP contribution in [0, 0.1) is 5.82 Å². The molecule has 1 saturated carbocycles. The Balaban J connectivity index is 0.00000261. The van der Waals surface area contributed by atoms with Gasteiger partial charge in [0.1, 0.15) is 5.82 Å². The van der Waals surface area contributed by atoms with E-state index in [0.717, 1.165) is 36.7 Å². The van der Waals surface area contributed by atoms with Gasteiger partial charge in [0.2, 0.25) is 5.89 Å². The van der Waals surface area contributed by atoms with Crippen molar-refractivity contribution < 1.29 is 8.91 Å². The molecule has 1 fully saturated rings. The van der Waals surface area contributed by atoms with Crippen LogP contribution in [0.5, 0.6) is 0 Å². The Bertz CT molecular complexity index is 773. The Hall–Kier alpha value is -1.71. The minimum atomic E-state index is -0.184. The number of aromatic nitrogens is 2. The average molecular weight is 487 g/mol. The summed E-state index contributed by atoms with van der Waals surface area (Å²) < 4.78 is 18.7. The second kappa shape index (κ2) is 9.48. The van der Waals surface area contributed by atoms with E-state index in [-0.39, 0.29) is 41.1 Å². The van der Waals surface area contributed by atoms with Crippen LogP contribution in [0.4, 0.5) is 4.39 Å². The van der Waals surface area contributed by atoms with Crippen LogP contribution in [0.3, 0.4) is 0 Å². The second-order valence-electron chi connectivity index (χ2n) is 7.09. The normalized spacial score (nSPS) is 15.4. The molecule has 2 aromatic rings. The zero-order valence-corrected chi connectivity index (χ0v) is 18.3. The van der Waals surface area contributed by atoms with Gasteiger partial charge >= 0.3 is 0 Å². The summed E-state index contributed by atoms with van der Waals surface area (Å²) in [5.74, 6) is 2.14. The molecule has 0 unspecified atom stereocenters. The average Bonchev–Trinajstić information content (AvgIpc) is 3.27. The van der Waals surface area contributed by atoms with Crippen LogP contribution in [-0.2, 0) is 11.8 Å². The van der Waals surface area contributed by atoms with E-state index in [4.69, 9.17) is 4.52 Å². The van der Waals surface area contributed by atoms with E-state index in [9.17, 15) is 4.39 Å². The van der Waals surface area contributed by atoms with Gasteiger partial charge < -0.3 is 15.2 Å². The molecule has 3 rings (SSSR count). The number of guanidine groups is 1. The Morgan fingerprint density at radius 3 is 2.70 bits per heavy atom. The number of halogens is 2. The SMILES string of the molecule is CN=C(NCCc1nc(C(C)C)no1)NCC1(c2cccc(F)c2)CC1.I. The van der Waals surface area contributed by atoms with Gasteiger partial charge in [-0.2, -0.15) is 4.98 Å². The van der Waals surface area contributed by atoms with Gasteiger partial charge in [-0.25, -0.2) is 4.39 Å². The number of hydrogen-bond acceptors (Lipinski definition) is 4. The highest BCUT2D eigenvalue weighted by Gasteiger charge is 2.44. The van der Waals surface area contributed by atoms with Crippen molar-refractivity contribution >= 4 is 29.9 Å². The first-order valence-electron chi connectivity index (χ1n) is 9.05. The molecule has 0 aliphatic heterocycles. The first-order chi connectivity index (χ1) is 12.5. The first-order valence-corrected chi connectivity index (χ1v) is 9.05. The molecule has 1 aliphatic rings. The highest BCUT2D eigenvalue weighted by atomic mass is 127. The maximum absolute atomic E-state index is 13.5. The van der Waals surface area contributed by atoms with E-state index >= 15 is 0 Å². The van der Waals surface area contributed by atoms with Crippen molar-refractivity contribution in [3.05, 3.63) is 47.4 Å². The Morgan fingerprint density at radius 2 is 2.11 bits per heavy atom. The van der Waals surface area contributed by atoms with Crippen molar-refractivity contribution in [2.24, 2.45) is 4.99 Å². The summed E-state index contributed by atoms with van der Waals surface area (Å²) in [6.45, 7) is 5.44. The van der Waals surface area contributed by atoms with Gasteiger partial charge in [0.25, 0.3) is 0 Å². The molecule has 0 bridgehead atoms. The molecule has 1 aliphatic carbocycles. The molecule has 0 saturated heterocycles. The van der Waals surface area contributed by atoms with E-state index in [1.807, 2.05) is 19.9 Å². The monoisotopic (exact) mass is 487 g/mol. The largest absolute Gasteiger partial charge is 0.356 e. The predicted octanol–water partition coefficient (Wildman–Crippen LogP) is 3.39. The summed E-state index contributed by atoms with van der Waals surface area (Å²) >= 11 is 0. The van der Waals surface area contributed by atoms with E-state index in [1.54, 1.807) is 19.2 Å². The molecule has 0 atom stereocenters. The Kier molecular flexibility index (Phi) is 7.58. The number of hydrogen-bond donors (Lipinski definition) is 2. The van der Waals surface area contributed by atoms with E-state index in [1.165, 1.54) is 6.07 Å². The molecule has 1 aromatic carbocycles. The van der Waals surface area contributed by atoms with Crippen LogP contribution >= 0.6 is 24.0 Å².